The summed E-state index contributed by atoms with van der Waals surface area (Å²) in [6.45, 7) is 6.26. The van der Waals surface area contributed by atoms with E-state index in [9.17, 15) is 14.0 Å². The molecule has 2 fully saturated rings. The molecule has 0 unspecified atom stereocenters. The molecular formula is C31H37FN6O4. The van der Waals surface area contributed by atoms with Crippen LogP contribution in [0.1, 0.15) is 75.7 Å². The van der Waals surface area contributed by atoms with Crippen molar-refractivity contribution in [3.05, 3.63) is 42.5 Å². The number of halogens is 1. The van der Waals surface area contributed by atoms with Crippen LogP contribution in [0.3, 0.4) is 0 Å². The van der Waals surface area contributed by atoms with Crippen LogP contribution in [-0.4, -0.2) is 67.4 Å². The Balaban J connectivity index is 1.33. The molecule has 3 N–H and O–H groups in total. The van der Waals surface area contributed by atoms with Crippen molar-refractivity contribution in [2.24, 2.45) is 5.73 Å². The van der Waals surface area contributed by atoms with Gasteiger partial charge >= 0.3 is 6.09 Å². The number of amides is 2. The first-order valence-corrected chi connectivity index (χ1v) is 14.6. The topological polar surface area (TPSA) is 128 Å². The number of fused-ring (bicyclic) bond motifs is 2. The average Bonchev–Trinajstić information content (AvgIpc) is 3.70. The van der Waals surface area contributed by atoms with Gasteiger partial charge < -0.3 is 29.7 Å². The summed E-state index contributed by atoms with van der Waals surface area (Å²) >= 11 is 0. The quantitative estimate of drug-likeness (QED) is 0.294. The second kappa shape index (κ2) is 10.9. The molecule has 4 aromatic rings. The molecule has 10 nitrogen and oxygen atoms in total. The lowest BCUT2D eigenvalue weighted by Gasteiger charge is -2.28. The second-order valence-electron chi connectivity index (χ2n) is 12.3. The van der Waals surface area contributed by atoms with E-state index >= 15 is 0 Å². The number of hydrogen-bond donors (Lipinski definition) is 2. The van der Waals surface area contributed by atoms with E-state index in [1.807, 2.05) is 43.5 Å². The van der Waals surface area contributed by atoms with Gasteiger partial charge in [0, 0.05) is 12.1 Å². The number of primary amides is 1. The van der Waals surface area contributed by atoms with Gasteiger partial charge in [0.25, 0.3) is 5.91 Å². The van der Waals surface area contributed by atoms with Crippen LogP contribution in [0.25, 0.3) is 33.2 Å². The molecule has 0 bridgehead atoms. The van der Waals surface area contributed by atoms with Crippen LogP contribution >= 0.6 is 0 Å². The van der Waals surface area contributed by atoms with Crippen LogP contribution < -0.4 is 10.5 Å². The zero-order chi connectivity index (χ0) is 29.6. The van der Waals surface area contributed by atoms with Gasteiger partial charge in [-0.05, 0) is 70.2 Å². The van der Waals surface area contributed by atoms with Crippen molar-refractivity contribution in [1.29, 1.82) is 0 Å². The van der Waals surface area contributed by atoms with Gasteiger partial charge in [0.1, 0.15) is 29.7 Å². The molecule has 1 aliphatic heterocycles. The fourth-order valence-electron chi connectivity index (χ4n) is 6.26. The lowest BCUT2D eigenvalue weighted by Crippen LogP contribution is -2.42. The molecule has 2 aromatic heterocycles. The molecule has 0 spiro atoms. The number of rotatable bonds is 6. The molecule has 42 heavy (non-hydrogen) atoms. The zero-order valence-corrected chi connectivity index (χ0v) is 24.2. The summed E-state index contributed by atoms with van der Waals surface area (Å²) in [6, 6.07) is 7.21. The van der Waals surface area contributed by atoms with Gasteiger partial charge in [0.15, 0.2) is 0 Å². The number of benzene rings is 2. The summed E-state index contributed by atoms with van der Waals surface area (Å²) in [7, 11) is 0. The van der Waals surface area contributed by atoms with E-state index in [1.165, 1.54) is 6.33 Å². The van der Waals surface area contributed by atoms with Crippen molar-refractivity contribution >= 4 is 34.1 Å². The number of ether oxygens (including phenoxy) is 2. The first-order valence-electron chi connectivity index (χ1n) is 14.6. The average molecular weight is 577 g/mol. The number of hydrogen-bond acceptors (Lipinski definition) is 6. The van der Waals surface area contributed by atoms with E-state index in [-0.39, 0.29) is 30.3 Å². The number of likely N-dealkylation sites (tertiary alicyclic amines) is 1. The number of carbonyl (C=O) groups is 2. The molecule has 3 atom stereocenters. The lowest BCUT2D eigenvalue weighted by molar-refractivity contribution is 0.0187. The number of aromatic amines is 1. The third kappa shape index (κ3) is 5.28. The molecule has 11 heteroatoms. The predicted octanol–water partition coefficient (Wildman–Crippen LogP) is 5.91. The van der Waals surface area contributed by atoms with Crippen LogP contribution in [0.4, 0.5) is 9.18 Å². The molecule has 3 heterocycles. The van der Waals surface area contributed by atoms with Gasteiger partial charge in [0.2, 0.25) is 0 Å². The van der Waals surface area contributed by atoms with Gasteiger partial charge in [-0.3, -0.25) is 4.79 Å². The van der Waals surface area contributed by atoms with E-state index in [4.69, 9.17) is 15.2 Å². The van der Waals surface area contributed by atoms with E-state index in [2.05, 4.69) is 15.0 Å². The summed E-state index contributed by atoms with van der Waals surface area (Å²) in [5.74, 6) is -0.345. The Morgan fingerprint density at radius 3 is 2.69 bits per heavy atom. The minimum Gasteiger partial charge on any atom is -0.490 e. The van der Waals surface area contributed by atoms with Gasteiger partial charge in [-0.1, -0.05) is 18.9 Å². The Labute approximate surface area is 243 Å². The molecule has 1 saturated heterocycles. The highest BCUT2D eigenvalue weighted by Gasteiger charge is 2.33. The molecule has 2 aliphatic rings. The van der Waals surface area contributed by atoms with Gasteiger partial charge in [-0.15, -0.1) is 0 Å². The zero-order valence-electron chi connectivity index (χ0n) is 24.2. The standard InChI is InChI=1S/C31H37FN6O4/c1-31(2,3)42-30(40)37-12-6-7-19(37)15-41-25-14-20(27-28(35-16-34-27)26(25)29(33)39)18-10-11-24-22(13-18)36-17-38(24)23-9-5-4-8-21(23)32/h10-11,13-14,16-17,19,21,23H,4-9,12,15H2,1-3H3,(H2,33,39)(H,34,35)/t19-,21-,23-/m1/s1. The Morgan fingerprint density at radius 2 is 1.93 bits per heavy atom. The van der Waals surface area contributed by atoms with Crippen LogP contribution in [0.5, 0.6) is 5.75 Å². The van der Waals surface area contributed by atoms with Crippen LogP contribution in [0, 0.1) is 0 Å². The number of nitrogens with one attached hydrogen (secondary N) is 1. The minimum atomic E-state index is -0.883. The number of nitrogens with two attached hydrogens (primary N) is 1. The number of carbonyl (C=O) groups excluding carboxylic acids is 2. The van der Waals surface area contributed by atoms with Gasteiger partial charge in [0.05, 0.1) is 46.8 Å². The maximum Gasteiger partial charge on any atom is 0.410 e. The first-order chi connectivity index (χ1) is 20.1. The highest BCUT2D eigenvalue weighted by Crippen LogP contribution is 2.38. The second-order valence-corrected chi connectivity index (χ2v) is 12.3. The molecule has 1 aliphatic carbocycles. The number of H-pyrrole nitrogens is 1. The fraction of sp³-hybridized carbons (Fsp3) is 0.484. The Bertz CT molecular complexity index is 1640. The van der Waals surface area contributed by atoms with E-state index in [0.717, 1.165) is 54.3 Å². The van der Waals surface area contributed by atoms with Crippen LogP contribution in [0.15, 0.2) is 36.9 Å². The minimum absolute atomic E-state index is 0.174. The Morgan fingerprint density at radius 1 is 1.12 bits per heavy atom. The van der Waals surface area contributed by atoms with Crippen molar-refractivity contribution in [2.45, 2.75) is 83.2 Å². The summed E-state index contributed by atoms with van der Waals surface area (Å²) < 4.78 is 28.6. The van der Waals surface area contributed by atoms with Gasteiger partial charge in [-0.2, -0.15) is 0 Å². The van der Waals surface area contributed by atoms with E-state index < -0.39 is 17.7 Å². The number of nitrogens with zero attached hydrogens (tertiary/aromatic N) is 4. The molecule has 6 rings (SSSR count). The van der Waals surface area contributed by atoms with Crippen LogP contribution in [-0.2, 0) is 4.74 Å². The molecule has 2 aromatic carbocycles. The maximum atomic E-state index is 14.8. The highest BCUT2D eigenvalue weighted by atomic mass is 19.1. The molecule has 1 saturated carbocycles. The van der Waals surface area contributed by atoms with Crippen molar-refractivity contribution in [2.75, 3.05) is 13.2 Å². The summed E-state index contributed by atoms with van der Waals surface area (Å²) in [5, 5.41) is 0. The number of alkyl halides is 1. The number of imidazole rings is 2. The third-order valence-electron chi connectivity index (χ3n) is 8.24. The maximum absolute atomic E-state index is 14.8. The van der Waals surface area contributed by atoms with Crippen molar-refractivity contribution in [3.8, 4) is 16.9 Å². The SMILES string of the molecule is CC(C)(C)OC(=O)N1CCC[C@@H]1COc1cc(-c2ccc3c(c2)ncn3[C@@H]2CCCC[C@H]2F)c2nc[nH]c2c1C(N)=O. The largest absolute Gasteiger partial charge is 0.490 e. The lowest BCUT2D eigenvalue weighted by atomic mass is 9.93. The van der Waals surface area contributed by atoms with Crippen molar-refractivity contribution < 1.29 is 23.5 Å². The molecule has 2 amide bonds. The highest BCUT2D eigenvalue weighted by molar-refractivity contribution is 6.10. The third-order valence-corrected chi connectivity index (χ3v) is 8.24. The van der Waals surface area contributed by atoms with Crippen LogP contribution in [0.2, 0.25) is 0 Å². The van der Waals surface area contributed by atoms with Crippen molar-refractivity contribution in [1.82, 2.24) is 24.4 Å². The molecular weight excluding hydrogens is 539 g/mol. The molecule has 0 radical (unpaired) electrons. The van der Waals surface area contributed by atoms with E-state index in [1.54, 1.807) is 17.3 Å². The smallest absolute Gasteiger partial charge is 0.410 e. The Kier molecular flexibility index (Phi) is 7.28. The van der Waals surface area contributed by atoms with Crippen molar-refractivity contribution in [3.63, 3.8) is 0 Å². The van der Waals surface area contributed by atoms with Gasteiger partial charge in [-0.25, -0.2) is 19.2 Å². The van der Waals surface area contributed by atoms with E-state index in [0.29, 0.717) is 29.7 Å². The Hall–Kier alpha value is -4.15. The summed E-state index contributed by atoms with van der Waals surface area (Å²) in [5.41, 5.74) is 9.63. The first kappa shape index (κ1) is 28.0. The number of aromatic nitrogens is 4. The summed E-state index contributed by atoms with van der Waals surface area (Å²) in [6.07, 6.45) is 6.86. The molecule has 222 valence electrons. The summed E-state index contributed by atoms with van der Waals surface area (Å²) in [4.78, 5) is 39.3. The normalized spacial score (nSPS) is 21.2. The fourth-order valence-corrected chi connectivity index (χ4v) is 6.26. The predicted molar refractivity (Wildman–Crippen MR) is 157 cm³/mol. The monoisotopic (exact) mass is 576 g/mol.